The second-order valence-corrected chi connectivity index (χ2v) is 6.04. The fourth-order valence-electron chi connectivity index (χ4n) is 3.57. The van der Waals surface area contributed by atoms with E-state index in [1.807, 2.05) is 0 Å². The molecule has 1 aromatic heterocycles. The van der Waals surface area contributed by atoms with Crippen LogP contribution in [0, 0.1) is 0 Å². The van der Waals surface area contributed by atoms with Crippen molar-refractivity contribution in [1.29, 1.82) is 0 Å². The molecule has 2 aliphatic heterocycles. The lowest BCUT2D eigenvalue weighted by atomic mass is 9.94. The number of allylic oxidation sites excluding steroid dienone is 2. The monoisotopic (exact) mass is 277 g/mol. The molecule has 0 atom stereocenters. The molecular weight excluding hydrogens is 256 g/mol. The third-order valence-electron chi connectivity index (χ3n) is 4.78. The summed E-state index contributed by atoms with van der Waals surface area (Å²) >= 11 is 0. The van der Waals surface area contributed by atoms with E-state index >= 15 is 0 Å². The lowest BCUT2D eigenvalue weighted by Crippen LogP contribution is -2.31. The molecule has 0 unspecified atom stereocenters. The molecular formula is C19H21N2+. The number of anilines is 1. The Balaban J connectivity index is 1.78. The van der Waals surface area contributed by atoms with Crippen molar-refractivity contribution in [3.63, 3.8) is 0 Å². The SMILES string of the molecule is CC(=C1CC[n+]2ccccc21)c1ccc2c(c1)CCCN2. The van der Waals surface area contributed by atoms with Crippen LogP contribution in [0.3, 0.4) is 0 Å². The summed E-state index contributed by atoms with van der Waals surface area (Å²) < 4.78 is 2.36. The Labute approximate surface area is 126 Å². The Kier molecular flexibility index (Phi) is 3.03. The van der Waals surface area contributed by atoms with E-state index in [1.165, 1.54) is 46.5 Å². The Morgan fingerprint density at radius 2 is 2.10 bits per heavy atom. The van der Waals surface area contributed by atoms with Gasteiger partial charge < -0.3 is 5.32 Å². The zero-order chi connectivity index (χ0) is 14.2. The summed E-state index contributed by atoms with van der Waals surface area (Å²) in [6.45, 7) is 4.49. The van der Waals surface area contributed by atoms with E-state index in [1.54, 1.807) is 0 Å². The quantitative estimate of drug-likeness (QED) is 0.787. The van der Waals surface area contributed by atoms with Crippen molar-refractivity contribution < 1.29 is 4.57 Å². The van der Waals surface area contributed by atoms with E-state index in [-0.39, 0.29) is 0 Å². The van der Waals surface area contributed by atoms with Crippen LogP contribution in [0.1, 0.15) is 36.6 Å². The largest absolute Gasteiger partial charge is 0.385 e. The molecule has 0 aliphatic carbocycles. The number of nitrogens with zero attached hydrogens (tertiary/aromatic N) is 1. The van der Waals surface area contributed by atoms with Crippen LogP contribution in [0.15, 0.2) is 42.6 Å². The molecule has 21 heavy (non-hydrogen) atoms. The first kappa shape index (κ1) is 12.6. The minimum absolute atomic E-state index is 1.11. The van der Waals surface area contributed by atoms with Crippen molar-refractivity contribution in [2.45, 2.75) is 32.7 Å². The van der Waals surface area contributed by atoms with Crippen molar-refractivity contribution in [3.8, 4) is 0 Å². The molecule has 0 saturated carbocycles. The highest BCUT2D eigenvalue weighted by Gasteiger charge is 2.25. The smallest absolute Gasteiger partial charge is 0.208 e. The van der Waals surface area contributed by atoms with Gasteiger partial charge in [0.05, 0.1) is 0 Å². The predicted molar refractivity (Wildman–Crippen MR) is 87.0 cm³/mol. The number of hydrogen-bond acceptors (Lipinski definition) is 1. The van der Waals surface area contributed by atoms with Gasteiger partial charge in [0, 0.05) is 36.4 Å². The van der Waals surface area contributed by atoms with Gasteiger partial charge in [-0.3, -0.25) is 0 Å². The minimum atomic E-state index is 1.11. The van der Waals surface area contributed by atoms with E-state index in [9.17, 15) is 0 Å². The molecule has 2 aromatic rings. The molecule has 0 bridgehead atoms. The molecule has 1 aromatic carbocycles. The lowest BCUT2D eigenvalue weighted by Gasteiger charge is -2.19. The molecule has 3 heterocycles. The Bertz CT molecular complexity index is 728. The number of rotatable bonds is 1. The first-order valence-corrected chi connectivity index (χ1v) is 7.89. The van der Waals surface area contributed by atoms with E-state index in [0.717, 1.165) is 19.5 Å². The molecule has 106 valence electrons. The molecule has 2 aliphatic rings. The average Bonchev–Trinajstić information content (AvgIpc) is 2.98. The Hall–Kier alpha value is -2.09. The second-order valence-electron chi connectivity index (χ2n) is 6.04. The van der Waals surface area contributed by atoms with Gasteiger partial charge in [0.2, 0.25) is 5.69 Å². The summed E-state index contributed by atoms with van der Waals surface area (Å²) in [5.41, 5.74) is 8.48. The maximum atomic E-state index is 3.49. The topological polar surface area (TPSA) is 15.9 Å². The van der Waals surface area contributed by atoms with Crippen LogP contribution in [0.4, 0.5) is 5.69 Å². The molecule has 4 rings (SSSR count). The minimum Gasteiger partial charge on any atom is -0.385 e. The van der Waals surface area contributed by atoms with Gasteiger partial charge in [0.25, 0.3) is 0 Å². The maximum Gasteiger partial charge on any atom is 0.208 e. The normalized spacial score (nSPS) is 18.7. The number of hydrogen-bond donors (Lipinski definition) is 1. The summed E-state index contributed by atoms with van der Waals surface area (Å²) in [7, 11) is 0. The number of aromatic nitrogens is 1. The highest BCUT2D eigenvalue weighted by Crippen LogP contribution is 2.32. The zero-order valence-electron chi connectivity index (χ0n) is 12.5. The van der Waals surface area contributed by atoms with E-state index in [2.05, 4.69) is 59.4 Å². The third-order valence-corrected chi connectivity index (χ3v) is 4.78. The van der Waals surface area contributed by atoms with Crippen LogP contribution in [-0.4, -0.2) is 6.54 Å². The average molecular weight is 277 g/mol. The lowest BCUT2D eigenvalue weighted by molar-refractivity contribution is -0.689. The molecule has 0 fully saturated rings. The summed E-state index contributed by atoms with van der Waals surface area (Å²) in [5.74, 6) is 0. The first-order chi connectivity index (χ1) is 10.3. The molecule has 2 heteroatoms. The van der Waals surface area contributed by atoms with E-state index in [0.29, 0.717) is 0 Å². The maximum absolute atomic E-state index is 3.49. The summed E-state index contributed by atoms with van der Waals surface area (Å²) in [4.78, 5) is 0. The van der Waals surface area contributed by atoms with Gasteiger partial charge in [-0.2, -0.15) is 4.57 Å². The number of pyridine rings is 1. The van der Waals surface area contributed by atoms with Crippen LogP contribution in [-0.2, 0) is 13.0 Å². The number of nitrogens with one attached hydrogen (secondary N) is 1. The van der Waals surface area contributed by atoms with Crippen molar-refractivity contribution in [2.75, 3.05) is 11.9 Å². The van der Waals surface area contributed by atoms with Gasteiger partial charge in [-0.25, -0.2) is 0 Å². The summed E-state index contributed by atoms with van der Waals surface area (Å²) in [6, 6.07) is 13.4. The molecule has 2 nitrogen and oxygen atoms in total. The zero-order valence-corrected chi connectivity index (χ0v) is 12.5. The molecule has 0 spiro atoms. The van der Waals surface area contributed by atoms with Crippen LogP contribution in [0.2, 0.25) is 0 Å². The van der Waals surface area contributed by atoms with Gasteiger partial charge in [0.1, 0.15) is 0 Å². The number of fused-ring (bicyclic) bond motifs is 2. The predicted octanol–water partition coefficient (Wildman–Crippen LogP) is 3.67. The molecule has 0 radical (unpaired) electrons. The fourth-order valence-corrected chi connectivity index (χ4v) is 3.57. The van der Waals surface area contributed by atoms with Crippen molar-refractivity contribution in [1.82, 2.24) is 0 Å². The number of benzene rings is 1. The van der Waals surface area contributed by atoms with Crippen molar-refractivity contribution in [2.24, 2.45) is 0 Å². The van der Waals surface area contributed by atoms with Gasteiger partial charge in [-0.1, -0.05) is 6.07 Å². The third kappa shape index (κ3) is 2.15. The van der Waals surface area contributed by atoms with Crippen LogP contribution >= 0.6 is 0 Å². The summed E-state index contributed by atoms with van der Waals surface area (Å²) in [5, 5.41) is 3.49. The second kappa shape index (κ2) is 5.03. The standard InChI is InChI=1S/C19H20N2/c1-14(17-9-12-21-11-3-2-6-19(17)21)15-7-8-18-16(13-15)5-4-10-20-18/h2-3,6-8,11,13H,4-5,9-10,12H2,1H3/p+1. The van der Waals surface area contributed by atoms with Gasteiger partial charge >= 0.3 is 0 Å². The fraction of sp³-hybridized carbons (Fsp3) is 0.316. The molecule has 0 saturated heterocycles. The van der Waals surface area contributed by atoms with E-state index < -0.39 is 0 Å². The van der Waals surface area contributed by atoms with Gasteiger partial charge in [0.15, 0.2) is 12.7 Å². The Morgan fingerprint density at radius 3 is 3.05 bits per heavy atom. The van der Waals surface area contributed by atoms with Crippen LogP contribution in [0.25, 0.3) is 11.1 Å². The van der Waals surface area contributed by atoms with Crippen LogP contribution < -0.4 is 9.88 Å². The first-order valence-electron chi connectivity index (χ1n) is 7.89. The van der Waals surface area contributed by atoms with E-state index in [4.69, 9.17) is 0 Å². The number of aryl methyl sites for hydroxylation is 2. The summed E-state index contributed by atoms with van der Waals surface area (Å²) in [6.07, 6.45) is 5.77. The molecule has 1 N–H and O–H groups in total. The van der Waals surface area contributed by atoms with Crippen molar-refractivity contribution >= 4 is 16.8 Å². The van der Waals surface area contributed by atoms with Gasteiger partial charge in [-0.15, -0.1) is 0 Å². The molecule has 0 amide bonds. The van der Waals surface area contributed by atoms with Gasteiger partial charge in [-0.05, 0) is 54.7 Å². The van der Waals surface area contributed by atoms with Crippen LogP contribution in [0.5, 0.6) is 0 Å². The highest BCUT2D eigenvalue weighted by atomic mass is 15.0. The van der Waals surface area contributed by atoms with Crippen molar-refractivity contribution in [3.05, 3.63) is 59.4 Å². The highest BCUT2D eigenvalue weighted by molar-refractivity contribution is 5.89. The Morgan fingerprint density at radius 1 is 1.14 bits per heavy atom.